The first-order valence-electron chi connectivity index (χ1n) is 9.94. The number of nitrogens with zero attached hydrogens (tertiary/aromatic N) is 2. The monoisotopic (exact) mass is 362 g/mol. The van der Waals surface area contributed by atoms with Crippen molar-refractivity contribution in [2.45, 2.75) is 32.1 Å². The van der Waals surface area contributed by atoms with E-state index >= 15 is 0 Å². The fourth-order valence-corrected chi connectivity index (χ4v) is 4.22. The molecule has 0 aromatic heterocycles. The van der Waals surface area contributed by atoms with Crippen LogP contribution in [0.5, 0.6) is 0 Å². The fraction of sp³-hybridized carbons (Fsp3) is 0.391. The molecular formula is C23H26N2O2. The SMILES string of the molecule is O=C(c1cccc(CC2CC(=O)N(c3ccccc3)C2)c1)N1CCCCC1. The largest absolute Gasteiger partial charge is 0.339 e. The number of rotatable bonds is 4. The van der Waals surface area contributed by atoms with Gasteiger partial charge in [-0.25, -0.2) is 0 Å². The van der Waals surface area contributed by atoms with Crippen molar-refractivity contribution in [2.24, 2.45) is 5.92 Å². The van der Waals surface area contributed by atoms with Crippen molar-refractivity contribution in [2.75, 3.05) is 24.5 Å². The minimum Gasteiger partial charge on any atom is -0.339 e. The van der Waals surface area contributed by atoms with Gasteiger partial charge in [0.25, 0.3) is 5.91 Å². The van der Waals surface area contributed by atoms with Crippen molar-refractivity contribution < 1.29 is 9.59 Å². The van der Waals surface area contributed by atoms with Gasteiger partial charge < -0.3 is 9.80 Å². The maximum atomic E-state index is 12.7. The number of anilines is 1. The van der Waals surface area contributed by atoms with Gasteiger partial charge in [-0.1, -0.05) is 30.3 Å². The van der Waals surface area contributed by atoms with Gasteiger partial charge in [0, 0.05) is 37.3 Å². The van der Waals surface area contributed by atoms with E-state index in [0.717, 1.165) is 55.7 Å². The molecule has 0 aliphatic carbocycles. The molecule has 27 heavy (non-hydrogen) atoms. The second kappa shape index (κ2) is 7.95. The lowest BCUT2D eigenvalue weighted by Gasteiger charge is -2.27. The van der Waals surface area contributed by atoms with E-state index < -0.39 is 0 Å². The Morgan fingerprint density at radius 1 is 0.963 bits per heavy atom. The average Bonchev–Trinajstić information content (AvgIpc) is 3.09. The summed E-state index contributed by atoms with van der Waals surface area (Å²) >= 11 is 0. The second-order valence-corrected chi connectivity index (χ2v) is 7.67. The van der Waals surface area contributed by atoms with Gasteiger partial charge in [0.1, 0.15) is 0 Å². The highest BCUT2D eigenvalue weighted by Crippen LogP contribution is 2.27. The van der Waals surface area contributed by atoms with Gasteiger partial charge in [0.2, 0.25) is 5.91 Å². The molecule has 140 valence electrons. The van der Waals surface area contributed by atoms with Gasteiger partial charge in [-0.05, 0) is 61.4 Å². The minimum absolute atomic E-state index is 0.143. The molecule has 2 aliphatic heterocycles. The minimum atomic E-state index is 0.143. The number of amides is 2. The summed E-state index contributed by atoms with van der Waals surface area (Å²) in [5.74, 6) is 0.620. The van der Waals surface area contributed by atoms with E-state index in [1.807, 2.05) is 58.3 Å². The number of hydrogen-bond acceptors (Lipinski definition) is 2. The van der Waals surface area contributed by atoms with E-state index in [1.54, 1.807) is 0 Å². The van der Waals surface area contributed by atoms with Gasteiger partial charge in [-0.3, -0.25) is 9.59 Å². The smallest absolute Gasteiger partial charge is 0.253 e. The summed E-state index contributed by atoms with van der Waals surface area (Å²) in [5, 5.41) is 0. The number of para-hydroxylation sites is 1. The summed E-state index contributed by atoms with van der Waals surface area (Å²) < 4.78 is 0. The Hall–Kier alpha value is -2.62. The molecule has 0 N–H and O–H groups in total. The van der Waals surface area contributed by atoms with Crippen LogP contribution in [-0.2, 0) is 11.2 Å². The predicted molar refractivity (Wildman–Crippen MR) is 107 cm³/mol. The average molecular weight is 362 g/mol. The first-order chi connectivity index (χ1) is 13.2. The summed E-state index contributed by atoms with van der Waals surface area (Å²) in [6, 6.07) is 17.8. The maximum absolute atomic E-state index is 12.7. The number of carbonyl (C=O) groups is 2. The predicted octanol–water partition coefficient (Wildman–Crippen LogP) is 3.91. The van der Waals surface area contributed by atoms with Crippen LogP contribution in [-0.4, -0.2) is 36.3 Å². The van der Waals surface area contributed by atoms with Gasteiger partial charge in [0.15, 0.2) is 0 Å². The molecule has 0 radical (unpaired) electrons. The molecule has 4 heteroatoms. The van der Waals surface area contributed by atoms with E-state index in [2.05, 4.69) is 6.07 Å². The molecule has 0 spiro atoms. The summed E-state index contributed by atoms with van der Waals surface area (Å²) in [6.45, 7) is 2.48. The molecule has 1 unspecified atom stereocenters. The van der Waals surface area contributed by atoms with Crippen LogP contribution >= 0.6 is 0 Å². The van der Waals surface area contributed by atoms with E-state index in [9.17, 15) is 9.59 Å². The van der Waals surface area contributed by atoms with Crippen molar-refractivity contribution in [1.29, 1.82) is 0 Å². The van der Waals surface area contributed by atoms with Crippen LogP contribution in [0, 0.1) is 5.92 Å². The third-order valence-corrected chi connectivity index (χ3v) is 5.61. The molecule has 2 heterocycles. The third kappa shape index (κ3) is 4.05. The lowest BCUT2D eigenvalue weighted by molar-refractivity contribution is -0.117. The van der Waals surface area contributed by atoms with Crippen LogP contribution in [0.4, 0.5) is 5.69 Å². The molecule has 1 atom stereocenters. The van der Waals surface area contributed by atoms with Gasteiger partial charge in [-0.15, -0.1) is 0 Å². The highest BCUT2D eigenvalue weighted by molar-refractivity contribution is 5.96. The fourth-order valence-electron chi connectivity index (χ4n) is 4.22. The summed E-state index contributed by atoms with van der Waals surface area (Å²) in [4.78, 5) is 29.0. The first-order valence-corrected chi connectivity index (χ1v) is 9.94. The molecular weight excluding hydrogens is 336 g/mol. The van der Waals surface area contributed by atoms with Crippen molar-refractivity contribution in [3.63, 3.8) is 0 Å². The standard InChI is InChI=1S/C23H26N2O2/c26-22-16-19(17-25(22)21-10-3-1-4-11-21)14-18-8-7-9-20(15-18)23(27)24-12-5-2-6-13-24/h1,3-4,7-11,15,19H,2,5-6,12-14,16-17H2. The molecule has 4 rings (SSSR count). The van der Waals surface area contributed by atoms with Gasteiger partial charge in [0.05, 0.1) is 0 Å². The first kappa shape index (κ1) is 17.8. The zero-order valence-corrected chi connectivity index (χ0v) is 15.6. The zero-order chi connectivity index (χ0) is 18.6. The molecule has 2 saturated heterocycles. The summed E-state index contributed by atoms with van der Waals surface area (Å²) in [7, 11) is 0. The Bertz CT molecular complexity index is 812. The van der Waals surface area contributed by atoms with Crippen LogP contribution in [0.1, 0.15) is 41.6 Å². The molecule has 0 bridgehead atoms. The highest BCUT2D eigenvalue weighted by atomic mass is 16.2. The molecule has 2 aromatic carbocycles. The Balaban J connectivity index is 1.43. The number of likely N-dealkylation sites (tertiary alicyclic amines) is 1. The van der Waals surface area contributed by atoms with Crippen LogP contribution in [0.15, 0.2) is 54.6 Å². The van der Waals surface area contributed by atoms with E-state index in [-0.39, 0.29) is 17.7 Å². The van der Waals surface area contributed by atoms with Crippen LogP contribution in [0.2, 0.25) is 0 Å². The quantitative estimate of drug-likeness (QED) is 0.827. The van der Waals surface area contributed by atoms with Crippen molar-refractivity contribution in [3.8, 4) is 0 Å². The summed E-state index contributed by atoms with van der Waals surface area (Å²) in [5.41, 5.74) is 2.89. The van der Waals surface area contributed by atoms with E-state index in [1.165, 1.54) is 6.42 Å². The number of benzene rings is 2. The normalized spacial score (nSPS) is 20.1. The molecule has 4 nitrogen and oxygen atoms in total. The van der Waals surface area contributed by atoms with Crippen LogP contribution in [0.3, 0.4) is 0 Å². The molecule has 2 aliphatic rings. The Morgan fingerprint density at radius 2 is 1.74 bits per heavy atom. The second-order valence-electron chi connectivity index (χ2n) is 7.67. The molecule has 0 saturated carbocycles. The van der Waals surface area contributed by atoms with Gasteiger partial charge in [-0.2, -0.15) is 0 Å². The number of hydrogen-bond donors (Lipinski definition) is 0. The Morgan fingerprint density at radius 3 is 2.52 bits per heavy atom. The maximum Gasteiger partial charge on any atom is 0.253 e. The Kier molecular flexibility index (Phi) is 5.23. The summed E-state index contributed by atoms with van der Waals surface area (Å²) in [6.07, 6.45) is 4.82. The third-order valence-electron chi connectivity index (χ3n) is 5.61. The molecule has 2 amide bonds. The van der Waals surface area contributed by atoms with E-state index in [0.29, 0.717) is 6.42 Å². The topological polar surface area (TPSA) is 40.6 Å². The number of piperidine rings is 1. The highest BCUT2D eigenvalue weighted by Gasteiger charge is 2.30. The molecule has 2 fully saturated rings. The lowest BCUT2D eigenvalue weighted by Crippen LogP contribution is -2.35. The molecule has 2 aromatic rings. The van der Waals surface area contributed by atoms with Crippen molar-refractivity contribution >= 4 is 17.5 Å². The van der Waals surface area contributed by atoms with Crippen molar-refractivity contribution in [3.05, 3.63) is 65.7 Å². The number of carbonyl (C=O) groups excluding carboxylic acids is 2. The van der Waals surface area contributed by atoms with Gasteiger partial charge >= 0.3 is 0 Å². The van der Waals surface area contributed by atoms with Crippen molar-refractivity contribution in [1.82, 2.24) is 4.90 Å². The lowest BCUT2D eigenvalue weighted by atomic mass is 9.97. The zero-order valence-electron chi connectivity index (χ0n) is 15.6. The Labute approximate surface area is 160 Å². The van der Waals surface area contributed by atoms with E-state index in [4.69, 9.17) is 0 Å². The van der Waals surface area contributed by atoms with Crippen LogP contribution < -0.4 is 4.90 Å². The van der Waals surface area contributed by atoms with Crippen LogP contribution in [0.25, 0.3) is 0 Å².